The molecule has 0 aliphatic heterocycles. The van der Waals surface area contributed by atoms with E-state index in [0.717, 1.165) is 41.9 Å². The number of aromatic nitrogens is 1. The normalized spacial score (nSPS) is 16.7. The van der Waals surface area contributed by atoms with E-state index in [2.05, 4.69) is 10.3 Å². The molecule has 1 amide bonds. The Kier molecular flexibility index (Phi) is 4.00. The van der Waals surface area contributed by atoms with Gasteiger partial charge in [0, 0.05) is 0 Å². The van der Waals surface area contributed by atoms with Gasteiger partial charge < -0.3 is 5.32 Å². The molecule has 22 heavy (non-hydrogen) atoms. The molecule has 1 aliphatic rings. The monoisotopic (exact) mass is 318 g/mol. The van der Waals surface area contributed by atoms with Gasteiger partial charge in [-0.3, -0.25) is 4.79 Å². The van der Waals surface area contributed by atoms with E-state index in [9.17, 15) is 9.18 Å². The van der Waals surface area contributed by atoms with Crippen LogP contribution in [0.2, 0.25) is 0 Å². The number of nitrogens with zero attached hydrogens (tertiary/aromatic N) is 1. The lowest BCUT2D eigenvalue weighted by Crippen LogP contribution is -2.43. The second-order valence-electron chi connectivity index (χ2n) is 5.90. The number of aryl methyl sites for hydroxylation is 2. The van der Waals surface area contributed by atoms with E-state index in [1.54, 1.807) is 12.1 Å². The van der Waals surface area contributed by atoms with E-state index in [1.165, 1.54) is 23.5 Å². The summed E-state index contributed by atoms with van der Waals surface area (Å²) in [6, 6.07) is 6.49. The van der Waals surface area contributed by atoms with Gasteiger partial charge in [0.2, 0.25) is 0 Å². The molecular weight excluding hydrogens is 299 g/mol. The molecule has 2 aromatic rings. The summed E-state index contributed by atoms with van der Waals surface area (Å²) in [7, 11) is 0. The van der Waals surface area contributed by atoms with Crippen molar-refractivity contribution in [3.63, 3.8) is 0 Å². The summed E-state index contributed by atoms with van der Waals surface area (Å²) < 4.78 is 13.2. The molecule has 5 heteroatoms. The van der Waals surface area contributed by atoms with Crippen molar-refractivity contribution >= 4 is 17.2 Å². The van der Waals surface area contributed by atoms with Gasteiger partial charge in [-0.25, -0.2) is 9.37 Å². The second kappa shape index (κ2) is 5.80. The van der Waals surface area contributed by atoms with Crippen molar-refractivity contribution in [2.24, 2.45) is 0 Å². The highest BCUT2D eigenvalue weighted by atomic mass is 32.1. The van der Waals surface area contributed by atoms with Gasteiger partial charge in [-0.2, -0.15) is 0 Å². The highest BCUT2D eigenvalue weighted by Crippen LogP contribution is 2.39. The Morgan fingerprint density at radius 3 is 2.41 bits per heavy atom. The predicted octanol–water partition coefficient (Wildman–Crippen LogP) is 4.10. The van der Waals surface area contributed by atoms with Crippen molar-refractivity contribution < 1.29 is 9.18 Å². The van der Waals surface area contributed by atoms with E-state index in [0.29, 0.717) is 4.88 Å². The minimum Gasteiger partial charge on any atom is -0.342 e. The quantitative estimate of drug-likeness (QED) is 0.926. The molecule has 1 aromatic carbocycles. The number of amides is 1. The Morgan fingerprint density at radius 2 is 1.86 bits per heavy atom. The summed E-state index contributed by atoms with van der Waals surface area (Å²) in [6.07, 6.45) is 3.92. The lowest BCUT2D eigenvalue weighted by atomic mass is 9.88. The molecule has 1 saturated carbocycles. The predicted molar refractivity (Wildman–Crippen MR) is 85.6 cm³/mol. The minimum absolute atomic E-state index is 0.0747. The molecule has 1 N–H and O–H groups in total. The molecule has 0 unspecified atom stereocenters. The first-order valence-electron chi connectivity index (χ1n) is 7.53. The van der Waals surface area contributed by atoms with Gasteiger partial charge in [0.1, 0.15) is 10.7 Å². The average molecular weight is 318 g/mol. The molecular formula is C17H19FN2OS. The van der Waals surface area contributed by atoms with Crippen LogP contribution in [0, 0.1) is 19.7 Å². The highest BCUT2D eigenvalue weighted by molar-refractivity contribution is 7.13. The zero-order valence-corrected chi connectivity index (χ0v) is 13.6. The van der Waals surface area contributed by atoms with Crippen LogP contribution in [0.3, 0.4) is 0 Å². The van der Waals surface area contributed by atoms with Crippen molar-refractivity contribution in [3.8, 4) is 0 Å². The lowest BCUT2D eigenvalue weighted by molar-refractivity contribution is 0.0901. The van der Waals surface area contributed by atoms with E-state index >= 15 is 0 Å². The minimum atomic E-state index is -0.380. The average Bonchev–Trinajstić information content (AvgIpc) is 3.07. The first-order valence-corrected chi connectivity index (χ1v) is 8.34. The maximum absolute atomic E-state index is 13.2. The van der Waals surface area contributed by atoms with E-state index in [-0.39, 0.29) is 17.3 Å². The fourth-order valence-electron chi connectivity index (χ4n) is 3.25. The van der Waals surface area contributed by atoms with Crippen LogP contribution in [0.1, 0.15) is 51.6 Å². The number of halogens is 1. The van der Waals surface area contributed by atoms with E-state index in [1.807, 2.05) is 13.8 Å². The molecule has 0 spiro atoms. The Bertz CT molecular complexity index is 687. The Balaban J connectivity index is 1.90. The van der Waals surface area contributed by atoms with Crippen LogP contribution in [0.15, 0.2) is 24.3 Å². The molecule has 1 fully saturated rings. The smallest absolute Gasteiger partial charge is 0.263 e. The number of benzene rings is 1. The lowest BCUT2D eigenvalue weighted by Gasteiger charge is -2.31. The number of carbonyl (C=O) groups is 1. The van der Waals surface area contributed by atoms with Crippen molar-refractivity contribution in [3.05, 3.63) is 51.2 Å². The van der Waals surface area contributed by atoms with Crippen molar-refractivity contribution in [1.82, 2.24) is 10.3 Å². The summed E-state index contributed by atoms with van der Waals surface area (Å²) in [5.41, 5.74) is 1.38. The van der Waals surface area contributed by atoms with Crippen LogP contribution in [-0.2, 0) is 5.54 Å². The SMILES string of the molecule is Cc1nc(C)c(C(=O)NC2(c3ccc(F)cc3)CCCC2)s1. The number of carbonyl (C=O) groups excluding carboxylic acids is 1. The number of hydrogen-bond acceptors (Lipinski definition) is 3. The zero-order valence-electron chi connectivity index (χ0n) is 12.8. The van der Waals surface area contributed by atoms with Gasteiger partial charge in [0.15, 0.2) is 0 Å². The van der Waals surface area contributed by atoms with Gasteiger partial charge in [0.25, 0.3) is 5.91 Å². The summed E-state index contributed by atoms with van der Waals surface area (Å²) in [6.45, 7) is 3.76. The zero-order chi connectivity index (χ0) is 15.7. The maximum Gasteiger partial charge on any atom is 0.263 e. The first kappa shape index (κ1) is 15.2. The third-order valence-corrected chi connectivity index (χ3v) is 5.39. The van der Waals surface area contributed by atoms with Crippen LogP contribution in [-0.4, -0.2) is 10.9 Å². The van der Waals surface area contributed by atoms with Crippen molar-refractivity contribution in [2.75, 3.05) is 0 Å². The molecule has 3 rings (SSSR count). The fourth-order valence-corrected chi connectivity index (χ4v) is 4.06. The van der Waals surface area contributed by atoms with Gasteiger partial charge in [-0.15, -0.1) is 11.3 Å². The molecule has 1 aromatic heterocycles. The molecule has 1 aliphatic carbocycles. The third kappa shape index (κ3) is 2.77. The van der Waals surface area contributed by atoms with E-state index < -0.39 is 0 Å². The molecule has 1 heterocycles. The number of nitrogens with one attached hydrogen (secondary N) is 1. The summed E-state index contributed by atoms with van der Waals surface area (Å²) in [4.78, 5) is 17.7. The molecule has 0 radical (unpaired) electrons. The van der Waals surface area contributed by atoms with Gasteiger partial charge in [0.05, 0.1) is 16.2 Å². The van der Waals surface area contributed by atoms with Crippen LogP contribution < -0.4 is 5.32 Å². The largest absolute Gasteiger partial charge is 0.342 e. The number of hydrogen-bond donors (Lipinski definition) is 1. The van der Waals surface area contributed by atoms with Gasteiger partial charge in [-0.1, -0.05) is 25.0 Å². The summed E-state index contributed by atoms with van der Waals surface area (Å²) in [5, 5.41) is 4.10. The number of thiazole rings is 1. The first-order chi connectivity index (χ1) is 10.5. The molecule has 116 valence electrons. The molecule has 0 saturated heterocycles. The highest BCUT2D eigenvalue weighted by Gasteiger charge is 2.37. The van der Waals surface area contributed by atoms with Crippen LogP contribution >= 0.6 is 11.3 Å². The maximum atomic E-state index is 13.2. The molecule has 0 atom stereocenters. The van der Waals surface area contributed by atoms with Gasteiger partial charge in [-0.05, 0) is 44.4 Å². The van der Waals surface area contributed by atoms with Crippen molar-refractivity contribution in [2.45, 2.75) is 45.1 Å². The van der Waals surface area contributed by atoms with Crippen LogP contribution in [0.25, 0.3) is 0 Å². The fraction of sp³-hybridized carbons (Fsp3) is 0.412. The Morgan fingerprint density at radius 1 is 1.23 bits per heavy atom. The second-order valence-corrected chi connectivity index (χ2v) is 7.10. The summed E-state index contributed by atoms with van der Waals surface area (Å²) in [5.74, 6) is -0.327. The molecule has 3 nitrogen and oxygen atoms in total. The van der Waals surface area contributed by atoms with Crippen molar-refractivity contribution in [1.29, 1.82) is 0 Å². The Hall–Kier alpha value is -1.75. The van der Waals surface area contributed by atoms with E-state index in [4.69, 9.17) is 0 Å². The van der Waals surface area contributed by atoms with Crippen LogP contribution in [0.4, 0.5) is 4.39 Å². The van der Waals surface area contributed by atoms with Gasteiger partial charge >= 0.3 is 0 Å². The topological polar surface area (TPSA) is 42.0 Å². The third-order valence-electron chi connectivity index (χ3n) is 4.32. The Labute approximate surface area is 133 Å². The van der Waals surface area contributed by atoms with Crippen LogP contribution in [0.5, 0.6) is 0 Å². The molecule has 0 bridgehead atoms. The standard InChI is InChI=1S/C17H19FN2OS/c1-11-15(22-12(2)19-11)16(21)20-17(9-3-4-10-17)13-5-7-14(18)8-6-13/h5-8H,3-4,9-10H2,1-2H3,(H,20,21). The number of rotatable bonds is 3. The summed E-state index contributed by atoms with van der Waals surface area (Å²) >= 11 is 1.42.